The molecule has 0 bridgehead atoms. The summed E-state index contributed by atoms with van der Waals surface area (Å²) in [5, 5.41) is 0. The van der Waals surface area contributed by atoms with E-state index in [9.17, 15) is 14.0 Å². The fraction of sp³-hybridized carbons (Fsp3) is 0.333. The normalized spacial score (nSPS) is 17.1. The lowest BCUT2D eigenvalue weighted by Crippen LogP contribution is -2.42. The standard InChI is InChI=1S/C21H21FN2O4/c22-16-3-1-15(2-4-16)14-28-17-5-6-18-19(13-17)21(26)24(20(18)25)8-7-23-9-11-27-12-10-23/h1-6,13H,7-12,14H2. The van der Waals surface area contributed by atoms with Crippen molar-refractivity contribution in [2.24, 2.45) is 0 Å². The number of rotatable bonds is 6. The lowest BCUT2D eigenvalue weighted by atomic mass is 10.1. The fourth-order valence-corrected chi connectivity index (χ4v) is 3.38. The highest BCUT2D eigenvalue weighted by molar-refractivity contribution is 6.21. The molecule has 0 spiro atoms. The minimum atomic E-state index is -0.303. The largest absolute Gasteiger partial charge is 0.489 e. The molecule has 0 N–H and O–H groups in total. The summed E-state index contributed by atoms with van der Waals surface area (Å²) >= 11 is 0. The Balaban J connectivity index is 1.40. The monoisotopic (exact) mass is 384 g/mol. The Morgan fingerprint density at radius 3 is 2.39 bits per heavy atom. The predicted molar refractivity (Wildman–Crippen MR) is 99.8 cm³/mol. The van der Waals surface area contributed by atoms with Gasteiger partial charge in [-0.2, -0.15) is 0 Å². The number of fused-ring (bicyclic) bond motifs is 1. The molecule has 1 saturated heterocycles. The first kappa shape index (κ1) is 18.6. The first-order valence-corrected chi connectivity index (χ1v) is 9.29. The molecule has 0 saturated carbocycles. The molecule has 2 amide bonds. The van der Waals surface area contributed by atoms with E-state index in [1.165, 1.54) is 17.0 Å². The van der Waals surface area contributed by atoms with Crippen LogP contribution in [0.4, 0.5) is 4.39 Å². The van der Waals surface area contributed by atoms with Crippen molar-refractivity contribution in [1.29, 1.82) is 0 Å². The molecule has 28 heavy (non-hydrogen) atoms. The van der Waals surface area contributed by atoms with Crippen molar-refractivity contribution in [3.8, 4) is 5.75 Å². The van der Waals surface area contributed by atoms with Crippen LogP contribution in [0.2, 0.25) is 0 Å². The molecule has 2 aromatic rings. The lowest BCUT2D eigenvalue weighted by Gasteiger charge is -2.27. The van der Waals surface area contributed by atoms with Gasteiger partial charge in [0.15, 0.2) is 0 Å². The van der Waals surface area contributed by atoms with Crippen molar-refractivity contribution in [2.75, 3.05) is 39.4 Å². The van der Waals surface area contributed by atoms with Gasteiger partial charge in [-0.1, -0.05) is 12.1 Å². The highest BCUT2D eigenvalue weighted by Crippen LogP contribution is 2.27. The van der Waals surface area contributed by atoms with Crippen LogP contribution in [0, 0.1) is 5.82 Å². The van der Waals surface area contributed by atoms with Gasteiger partial charge in [-0.05, 0) is 35.9 Å². The van der Waals surface area contributed by atoms with E-state index in [4.69, 9.17) is 9.47 Å². The van der Waals surface area contributed by atoms with Gasteiger partial charge in [-0.3, -0.25) is 19.4 Å². The van der Waals surface area contributed by atoms with E-state index in [0.29, 0.717) is 43.2 Å². The SMILES string of the molecule is O=C1c2ccc(OCc3ccc(F)cc3)cc2C(=O)N1CCN1CCOCC1. The molecule has 1 fully saturated rings. The van der Waals surface area contributed by atoms with Crippen LogP contribution in [0.15, 0.2) is 42.5 Å². The maximum atomic E-state index is 13.0. The smallest absolute Gasteiger partial charge is 0.261 e. The molecule has 2 aliphatic heterocycles. The molecular weight excluding hydrogens is 363 g/mol. The van der Waals surface area contributed by atoms with E-state index in [-0.39, 0.29) is 24.2 Å². The fourth-order valence-electron chi connectivity index (χ4n) is 3.38. The summed E-state index contributed by atoms with van der Waals surface area (Å²) < 4.78 is 24.0. The third kappa shape index (κ3) is 3.90. The summed E-state index contributed by atoms with van der Waals surface area (Å²) in [5.74, 6) is -0.361. The van der Waals surface area contributed by atoms with Gasteiger partial charge < -0.3 is 9.47 Å². The number of halogens is 1. The van der Waals surface area contributed by atoms with Crippen LogP contribution in [-0.2, 0) is 11.3 Å². The molecule has 0 aromatic heterocycles. The molecule has 7 heteroatoms. The summed E-state index contributed by atoms with van der Waals surface area (Å²) in [7, 11) is 0. The Kier molecular flexibility index (Phi) is 5.36. The number of carbonyl (C=O) groups excluding carboxylic acids is 2. The number of nitrogens with zero attached hydrogens (tertiary/aromatic N) is 2. The second kappa shape index (κ2) is 8.08. The Labute approximate surface area is 162 Å². The minimum absolute atomic E-state index is 0.252. The van der Waals surface area contributed by atoms with Crippen LogP contribution < -0.4 is 4.74 Å². The van der Waals surface area contributed by atoms with E-state index >= 15 is 0 Å². The van der Waals surface area contributed by atoms with Crippen molar-refractivity contribution >= 4 is 11.8 Å². The average molecular weight is 384 g/mol. The van der Waals surface area contributed by atoms with Crippen molar-refractivity contribution in [3.05, 3.63) is 65.0 Å². The summed E-state index contributed by atoms with van der Waals surface area (Å²) in [6.07, 6.45) is 0. The second-order valence-electron chi connectivity index (χ2n) is 6.84. The minimum Gasteiger partial charge on any atom is -0.489 e. The molecule has 0 atom stereocenters. The first-order chi connectivity index (χ1) is 13.6. The maximum Gasteiger partial charge on any atom is 0.261 e. The Morgan fingerprint density at radius 1 is 0.929 bits per heavy atom. The van der Waals surface area contributed by atoms with Crippen molar-refractivity contribution in [1.82, 2.24) is 9.80 Å². The van der Waals surface area contributed by atoms with Gasteiger partial charge in [0.1, 0.15) is 18.2 Å². The summed E-state index contributed by atoms with van der Waals surface area (Å²) in [6, 6.07) is 10.9. The topological polar surface area (TPSA) is 59.1 Å². The highest BCUT2D eigenvalue weighted by atomic mass is 19.1. The van der Waals surface area contributed by atoms with Crippen LogP contribution in [0.25, 0.3) is 0 Å². The van der Waals surface area contributed by atoms with E-state index in [1.807, 2.05) is 0 Å². The molecule has 2 aromatic carbocycles. The average Bonchev–Trinajstić information content (AvgIpc) is 2.96. The Bertz CT molecular complexity index is 878. The molecule has 2 aliphatic rings. The van der Waals surface area contributed by atoms with Crippen LogP contribution in [0.3, 0.4) is 0 Å². The van der Waals surface area contributed by atoms with E-state index < -0.39 is 0 Å². The van der Waals surface area contributed by atoms with Crippen LogP contribution >= 0.6 is 0 Å². The summed E-state index contributed by atoms with van der Waals surface area (Å²) in [6.45, 7) is 4.23. The molecule has 6 nitrogen and oxygen atoms in total. The van der Waals surface area contributed by atoms with E-state index in [2.05, 4.69) is 4.90 Å². The van der Waals surface area contributed by atoms with Crippen LogP contribution in [0.5, 0.6) is 5.75 Å². The van der Waals surface area contributed by atoms with E-state index in [1.54, 1.807) is 30.3 Å². The molecule has 2 heterocycles. The van der Waals surface area contributed by atoms with Crippen LogP contribution in [0.1, 0.15) is 26.3 Å². The second-order valence-corrected chi connectivity index (χ2v) is 6.84. The van der Waals surface area contributed by atoms with E-state index in [0.717, 1.165) is 18.7 Å². The third-order valence-electron chi connectivity index (χ3n) is 5.00. The molecule has 0 aliphatic carbocycles. The van der Waals surface area contributed by atoms with Crippen molar-refractivity contribution in [3.63, 3.8) is 0 Å². The number of ether oxygens (including phenoxy) is 2. The number of carbonyl (C=O) groups is 2. The van der Waals surface area contributed by atoms with Gasteiger partial charge in [0.2, 0.25) is 0 Å². The first-order valence-electron chi connectivity index (χ1n) is 9.29. The lowest BCUT2D eigenvalue weighted by molar-refractivity contribution is 0.0325. The zero-order valence-electron chi connectivity index (χ0n) is 15.4. The number of hydrogen-bond donors (Lipinski definition) is 0. The van der Waals surface area contributed by atoms with Gasteiger partial charge in [0.25, 0.3) is 11.8 Å². The summed E-state index contributed by atoms with van der Waals surface area (Å²) in [5.41, 5.74) is 1.58. The van der Waals surface area contributed by atoms with Gasteiger partial charge >= 0.3 is 0 Å². The van der Waals surface area contributed by atoms with Crippen molar-refractivity contribution in [2.45, 2.75) is 6.61 Å². The van der Waals surface area contributed by atoms with Gasteiger partial charge in [0.05, 0.1) is 24.3 Å². The number of amides is 2. The predicted octanol–water partition coefficient (Wildman–Crippen LogP) is 2.33. The molecular formula is C21H21FN2O4. The Hall–Kier alpha value is -2.77. The van der Waals surface area contributed by atoms with Gasteiger partial charge in [0, 0.05) is 26.2 Å². The zero-order valence-corrected chi connectivity index (χ0v) is 15.4. The van der Waals surface area contributed by atoms with Crippen molar-refractivity contribution < 1.29 is 23.5 Å². The molecule has 0 unspecified atom stereocenters. The third-order valence-corrected chi connectivity index (χ3v) is 5.00. The molecule has 0 radical (unpaired) electrons. The maximum absolute atomic E-state index is 13.0. The summed E-state index contributed by atoms with van der Waals surface area (Å²) in [4.78, 5) is 28.8. The molecule has 4 rings (SSSR count). The van der Waals surface area contributed by atoms with Gasteiger partial charge in [-0.25, -0.2) is 4.39 Å². The number of imide groups is 1. The zero-order chi connectivity index (χ0) is 19.5. The Morgan fingerprint density at radius 2 is 1.64 bits per heavy atom. The molecule has 146 valence electrons. The van der Waals surface area contributed by atoms with Gasteiger partial charge in [-0.15, -0.1) is 0 Å². The number of hydrogen-bond acceptors (Lipinski definition) is 5. The number of benzene rings is 2. The number of morpholine rings is 1. The highest BCUT2D eigenvalue weighted by Gasteiger charge is 2.35. The quantitative estimate of drug-likeness (QED) is 0.716. The van der Waals surface area contributed by atoms with Crippen LogP contribution in [-0.4, -0.2) is 61.0 Å².